The minimum Gasteiger partial charge on any atom is -0.313 e. The van der Waals surface area contributed by atoms with Crippen molar-refractivity contribution < 1.29 is 8.42 Å². The molecule has 3 unspecified atom stereocenters. The molecule has 4 nitrogen and oxygen atoms in total. The molecule has 0 aromatic heterocycles. The normalized spacial score (nSPS) is 43.4. The Kier molecular flexibility index (Phi) is 3.41. The van der Waals surface area contributed by atoms with Crippen molar-refractivity contribution in [3.63, 3.8) is 0 Å². The summed E-state index contributed by atoms with van der Waals surface area (Å²) < 4.78 is 23.6. The number of nitrogens with one attached hydrogen (secondary N) is 1. The zero-order chi connectivity index (χ0) is 12.8. The molecule has 3 aliphatic rings. The average molecular weight is 272 g/mol. The fourth-order valence-corrected chi connectivity index (χ4v) is 5.74. The number of hydrogen-bond acceptors (Lipinski definition) is 4. The van der Waals surface area contributed by atoms with Gasteiger partial charge in [-0.15, -0.1) is 0 Å². The highest BCUT2D eigenvalue weighted by Gasteiger charge is 2.39. The molecule has 3 rings (SSSR count). The molecule has 3 fully saturated rings. The smallest absolute Gasteiger partial charge is 0.154 e. The SMILES string of the molecule is CN1C2CCC1CC(NCC1CCCS1(=O)=O)C2. The van der Waals surface area contributed by atoms with Gasteiger partial charge in [-0.2, -0.15) is 0 Å². The lowest BCUT2D eigenvalue weighted by Crippen LogP contribution is -2.48. The fraction of sp³-hybridized carbons (Fsp3) is 1.00. The van der Waals surface area contributed by atoms with Gasteiger partial charge in [0.25, 0.3) is 0 Å². The van der Waals surface area contributed by atoms with Gasteiger partial charge in [-0.25, -0.2) is 8.42 Å². The van der Waals surface area contributed by atoms with E-state index in [1.54, 1.807) is 0 Å². The van der Waals surface area contributed by atoms with Gasteiger partial charge in [0.1, 0.15) is 0 Å². The number of fused-ring (bicyclic) bond motifs is 2. The van der Waals surface area contributed by atoms with Crippen LogP contribution in [0.3, 0.4) is 0 Å². The topological polar surface area (TPSA) is 49.4 Å². The van der Waals surface area contributed by atoms with Crippen LogP contribution in [-0.4, -0.2) is 56.0 Å². The van der Waals surface area contributed by atoms with Gasteiger partial charge >= 0.3 is 0 Å². The molecule has 0 amide bonds. The van der Waals surface area contributed by atoms with E-state index in [-0.39, 0.29) is 5.25 Å². The van der Waals surface area contributed by atoms with E-state index in [0.29, 0.717) is 18.3 Å². The van der Waals surface area contributed by atoms with Gasteiger partial charge < -0.3 is 10.2 Å². The van der Waals surface area contributed by atoms with Crippen LogP contribution in [0.25, 0.3) is 0 Å². The summed E-state index contributed by atoms with van der Waals surface area (Å²) in [6.07, 6.45) is 6.74. The van der Waals surface area contributed by atoms with Gasteiger partial charge in [0.2, 0.25) is 0 Å². The Bertz CT molecular complexity index is 395. The van der Waals surface area contributed by atoms with E-state index < -0.39 is 9.84 Å². The first-order valence-electron chi connectivity index (χ1n) is 7.23. The van der Waals surface area contributed by atoms with Crippen molar-refractivity contribution >= 4 is 9.84 Å². The molecule has 3 saturated heterocycles. The molecule has 104 valence electrons. The van der Waals surface area contributed by atoms with Crippen LogP contribution in [0.5, 0.6) is 0 Å². The van der Waals surface area contributed by atoms with Gasteiger partial charge in [0.05, 0.1) is 11.0 Å². The van der Waals surface area contributed by atoms with Crippen LogP contribution in [0.2, 0.25) is 0 Å². The maximum Gasteiger partial charge on any atom is 0.154 e. The van der Waals surface area contributed by atoms with E-state index in [9.17, 15) is 8.42 Å². The molecule has 5 heteroatoms. The number of nitrogens with zero attached hydrogens (tertiary/aromatic N) is 1. The van der Waals surface area contributed by atoms with Gasteiger partial charge in [-0.3, -0.25) is 0 Å². The number of hydrogen-bond donors (Lipinski definition) is 1. The minimum absolute atomic E-state index is 0.116. The first-order chi connectivity index (χ1) is 8.56. The predicted octanol–water partition coefficient (Wildman–Crippen LogP) is 0.778. The zero-order valence-electron chi connectivity index (χ0n) is 11.1. The van der Waals surface area contributed by atoms with Gasteiger partial charge in [0.15, 0.2) is 9.84 Å². The Balaban J connectivity index is 1.53. The summed E-state index contributed by atoms with van der Waals surface area (Å²) in [7, 11) is -0.547. The summed E-state index contributed by atoms with van der Waals surface area (Å²) in [6.45, 7) is 0.677. The lowest BCUT2D eigenvalue weighted by Gasteiger charge is -2.37. The second-order valence-electron chi connectivity index (χ2n) is 6.26. The first kappa shape index (κ1) is 12.9. The lowest BCUT2D eigenvalue weighted by atomic mass is 9.98. The van der Waals surface area contributed by atoms with Crippen LogP contribution < -0.4 is 5.32 Å². The number of rotatable bonds is 3. The number of piperidine rings is 1. The predicted molar refractivity (Wildman–Crippen MR) is 72.4 cm³/mol. The molecule has 3 heterocycles. The second-order valence-corrected chi connectivity index (χ2v) is 8.66. The second kappa shape index (κ2) is 4.76. The summed E-state index contributed by atoms with van der Waals surface area (Å²) in [5.74, 6) is 0.401. The molecule has 0 aliphatic carbocycles. The van der Waals surface area contributed by atoms with Gasteiger partial charge in [-0.05, 0) is 45.6 Å². The molecule has 0 aromatic rings. The third kappa shape index (κ3) is 2.32. The molecular formula is C13H24N2O2S. The molecule has 3 atom stereocenters. The zero-order valence-corrected chi connectivity index (χ0v) is 12.0. The van der Waals surface area contributed by atoms with Crippen molar-refractivity contribution in [2.45, 2.75) is 61.9 Å². The van der Waals surface area contributed by atoms with Crippen LogP contribution in [0, 0.1) is 0 Å². The summed E-state index contributed by atoms with van der Waals surface area (Å²) in [5.41, 5.74) is 0. The van der Waals surface area contributed by atoms with Crippen LogP contribution in [-0.2, 0) is 9.84 Å². The van der Waals surface area contributed by atoms with Crippen molar-refractivity contribution in [3.05, 3.63) is 0 Å². The van der Waals surface area contributed by atoms with Crippen LogP contribution >= 0.6 is 0 Å². The van der Waals surface area contributed by atoms with Gasteiger partial charge in [-0.1, -0.05) is 0 Å². The van der Waals surface area contributed by atoms with Crippen LogP contribution in [0.15, 0.2) is 0 Å². The summed E-state index contributed by atoms with van der Waals surface area (Å²) >= 11 is 0. The van der Waals surface area contributed by atoms with E-state index >= 15 is 0 Å². The Labute approximate surface area is 110 Å². The summed E-state index contributed by atoms with van der Waals surface area (Å²) in [5, 5.41) is 3.42. The van der Waals surface area contributed by atoms with Crippen LogP contribution in [0.4, 0.5) is 0 Å². The average Bonchev–Trinajstić information content (AvgIpc) is 2.74. The molecular weight excluding hydrogens is 248 g/mol. The third-order valence-corrected chi connectivity index (χ3v) is 7.47. The molecule has 0 radical (unpaired) electrons. The molecule has 0 saturated carbocycles. The number of sulfone groups is 1. The van der Waals surface area contributed by atoms with Crippen molar-refractivity contribution in [1.29, 1.82) is 0 Å². The molecule has 18 heavy (non-hydrogen) atoms. The summed E-state index contributed by atoms with van der Waals surface area (Å²) in [6, 6.07) is 1.98. The standard InChI is InChI=1S/C13H24N2O2S/c1-15-11-4-5-12(15)8-10(7-11)14-9-13-3-2-6-18(13,16)17/h10-14H,2-9H2,1H3. The Morgan fingerprint density at radius 3 is 2.39 bits per heavy atom. The minimum atomic E-state index is -2.78. The Morgan fingerprint density at radius 1 is 1.17 bits per heavy atom. The quantitative estimate of drug-likeness (QED) is 0.825. The van der Waals surface area contributed by atoms with E-state index in [0.717, 1.165) is 24.9 Å². The van der Waals surface area contributed by atoms with Crippen molar-refractivity contribution in [3.8, 4) is 0 Å². The highest BCUT2D eigenvalue weighted by atomic mass is 32.2. The monoisotopic (exact) mass is 272 g/mol. The third-order valence-electron chi connectivity index (χ3n) is 5.20. The Morgan fingerprint density at radius 2 is 1.83 bits per heavy atom. The lowest BCUT2D eigenvalue weighted by molar-refractivity contribution is 0.149. The van der Waals surface area contributed by atoms with Gasteiger partial charge in [0, 0.05) is 24.7 Å². The van der Waals surface area contributed by atoms with Crippen LogP contribution in [0.1, 0.15) is 38.5 Å². The molecule has 2 bridgehead atoms. The highest BCUT2D eigenvalue weighted by molar-refractivity contribution is 7.92. The van der Waals surface area contributed by atoms with Crippen molar-refractivity contribution in [1.82, 2.24) is 10.2 Å². The van der Waals surface area contributed by atoms with Crippen molar-refractivity contribution in [2.24, 2.45) is 0 Å². The van der Waals surface area contributed by atoms with E-state index in [4.69, 9.17) is 0 Å². The molecule has 3 aliphatic heterocycles. The highest BCUT2D eigenvalue weighted by Crippen LogP contribution is 2.34. The van der Waals surface area contributed by atoms with Crippen molar-refractivity contribution in [2.75, 3.05) is 19.3 Å². The van der Waals surface area contributed by atoms with E-state index in [2.05, 4.69) is 17.3 Å². The molecule has 0 aromatic carbocycles. The first-order valence-corrected chi connectivity index (χ1v) is 8.94. The largest absolute Gasteiger partial charge is 0.313 e. The fourth-order valence-electron chi connectivity index (χ4n) is 3.96. The maximum atomic E-state index is 11.8. The molecule has 0 spiro atoms. The summed E-state index contributed by atoms with van der Waals surface area (Å²) in [4.78, 5) is 2.52. The van der Waals surface area contributed by atoms with E-state index in [1.807, 2.05) is 0 Å². The Hall–Kier alpha value is -0.130. The maximum absolute atomic E-state index is 11.8. The molecule has 1 N–H and O–H groups in total. The van der Waals surface area contributed by atoms with E-state index in [1.165, 1.54) is 25.7 Å².